The molecular formula is C15H11F2N5O2. The lowest BCUT2D eigenvalue weighted by molar-refractivity contribution is -0.286. The predicted octanol–water partition coefficient (Wildman–Crippen LogP) is 2.60. The first-order chi connectivity index (χ1) is 11.6. The summed E-state index contributed by atoms with van der Waals surface area (Å²) in [5.74, 6) is 1.02. The number of alkyl halides is 2. The van der Waals surface area contributed by atoms with Crippen molar-refractivity contribution in [3.05, 3.63) is 54.5 Å². The Morgan fingerprint density at radius 1 is 1.08 bits per heavy atom. The van der Waals surface area contributed by atoms with Gasteiger partial charge in [0, 0.05) is 36.8 Å². The Labute approximate surface area is 134 Å². The molecule has 0 saturated carbocycles. The van der Waals surface area contributed by atoms with E-state index in [1.54, 1.807) is 42.9 Å². The number of nitrogens with zero attached hydrogens (tertiary/aromatic N) is 4. The van der Waals surface area contributed by atoms with Gasteiger partial charge >= 0.3 is 6.29 Å². The van der Waals surface area contributed by atoms with Crippen LogP contribution < -0.4 is 14.8 Å². The highest BCUT2D eigenvalue weighted by atomic mass is 19.3. The molecule has 0 spiro atoms. The lowest BCUT2D eigenvalue weighted by atomic mass is 10.2. The molecule has 1 N–H and O–H groups in total. The van der Waals surface area contributed by atoms with Gasteiger partial charge in [0.2, 0.25) is 5.95 Å². The summed E-state index contributed by atoms with van der Waals surface area (Å²) in [6.07, 6.45) is 1.29. The average Bonchev–Trinajstić information content (AvgIpc) is 3.16. The third-order valence-electron chi connectivity index (χ3n) is 3.32. The fraction of sp³-hybridized carbons (Fsp3) is 0.133. The summed E-state index contributed by atoms with van der Waals surface area (Å²) >= 11 is 0. The molecule has 0 fully saturated rings. The summed E-state index contributed by atoms with van der Waals surface area (Å²) in [6.45, 7) is 0.245. The molecule has 1 aliphatic rings. The molecule has 3 aromatic rings. The van der Waals surface area contributed by atoms with Crippen molar-refractivity contribution in [2.75, 3.05) is 5.32 Å². The summed E-state index contributed by atoms with van der Waals surface area (Å²) in [4.78, 5) is 8.17. The molecule has 3 heterocycles. The van der Waals surface area contributed by atoms with Crippen LogP contribution in [0.15, 0.2) is 48.9 Å². The van der Waals surface area contributed by atoms with Crippen LogP contribution >= 0.6 is 0 Å². The number of nitrogens with one attached hydrogen (secondary N) is 1. The average molecular weight is 331 g/mol. The number of aromatic nitrogens is 4. The number of hydrogen-bond donors (Lipinski definition) is 1. The van der Waals surface area contributed by atoms with Crippen LogP contribution in [0.5, 0.6) is 11.5 Å². The van der Waals surface area contributed by atoms with E-state index in [0.717, 1.165) is 0 Å². The van der Waals surface area contributed by atoms with E-state index in [4.69, 9.17) is 0 Å². The summed E-state index contributed by atoms with van der Waals surface area (Å²) in [5, 5.41) is 7.32. The molecule has 1 aromatic carbocycles. The van der Waals surface area contributed by atoms with Gasteiger partial charge in [-0.2, -0.15) is 0 Å². The SMILES string of the molecule is FC1(F)Oc2cccc(CNc3ccn(-c4ncccn4)n3)c2O1. The van der Waals surface area contributed by atoms with Crippen LogP contribution in [-0.4, -0.2) is 26.0 Å². The van der Waals surface area contributed by atoms with E-state index >= 15 is 0 Å². The third kappa shape index (κ3) is 2.71. The molecular weight excluding hydrogens is 320 g/mol. The second kappa shape index (κ2) is 5.44. The lowest BCUT2D eigenvalue weighted by Crippen LogP contribution is -2.26. The molecule has 7 nitrogen and oxygen atoms in total. The Bertz CT molecular complexity index is 869. The van der Waals surface area contributed by atoms with Crippen LogP contribution in [0.1, 0.15) is 5.56 Å². The molecule has 0 saturated heterocycles. The highest BCUT2D eigenvalue weighted by Crippen LogP contribution is 2.43. The van der Waals surface area contributed by atoms with Gasteiger partial charge in [0.25, 0.3) is 0 Å². The molecule has 0 bridgehead atoms. The van der Waals surface area contributed by atoms with Gasteiger partial charge in [-0.3, -0.25) is 0 Å². The van der Waals surface area contributed by atoms with Gasteiger partial charge in [0.15, 0.2) is 11.5 Å². The lowest BCUT2D eigenvalue weighted by Gasteiger charge is -2.07. The third-order valence-corrected chi connectivity index (χ3v) is 3.32. The van der Waals surface area contributed by atoms with E-state index in [1.807, 2.05) is 0 Å². The topological polar surface area (TPSA) is 74.1 Å². The molecule has 0 radical (unpaired) electrons. The Hall–Kier alpha value is -3.23. The number of rotatable bonds is 4. The molecule has 0 aliphatic carbocycles. The summed E-state index contributed by atoms with van der Waals surface area (Å²) in [5.41, 5.74) is 0.537. The van der Waals surface area contributed by atoms with Gasteiger partial charge in [0.05, 0.1) is 0 Å². The molecule has 1 aliphatic heterocycles. The second-order valence-corrected chi connectivity index (χ2v) is 4.96. The number of fused-ring (bicyclic) bond motifs is 1. The van der Waals surface area contributed by atoms with E-state index in [9.17, 15) is 8.78 Å². The van der Waals surface area contributed by atoms with Crippen molar-refractivity contribution < 1.29 is 18.3 Å². The van der Waals surface area contributed by atoms with Gasteiger partial charge in [0.1, 0.15) is 5.82 Å². The van der Waals surface area contributed by atoms with E-state index in [1.165, 1.54) is 10.7 Å². The van der Waals surface area contributed by atoms with Crippen LogP contribution in [0.3, 0.4) is 0 Å². The molecule has 0 unspecified atom stereocenters. The van der Waals surface area contributed by atoms with Crippen LogP contribution in [-0.2, 0) is 6.54 Å². The molecule has 4 rings (SSSR count). The Morgan fingerprint density at radius 2 is 1.92 bits per heavy atom. The Kier molecular flexibility index (Phi) is 3.26. The zero-order chi connectivity index (χ0) is 16.6. The molecule has 2 aromatic heterocycles. The summed E-state index contributed by atoms with van der Waals surface area (Å²) < 4.78 is 36.8. The number of ether oxygens (including phenoxy) is 2. The minimum absolute atomic E-state index is 0.0162. The van der Waals surface area contributed by atoms with E-state index < -0.39 is 6.29 Å². The van der Waals surface area contributed by atoms with E-state index in [0.29, 0.717) is 17.3 Å². The maximum atomic E-state index is 13.2. The Balaban J connectivity index is 1.49. The maximum absolute atomic E-state index is 13.2. The highest BCUT2D eigenvalue weighted by Gasteiger charge is 2.44. The van der Waals surface area contributed by atoms with Gasteiger partial charge < -0.3 is 14.8 Å². The molecule has 9 heteroatoms. The van der Waals surface area contributed by atoms with Crippen LogP contribution in [0.4, 0.5) is 14.6 Å². The zero-order valence-corrected chi connectivity index (χ0v) is 12.2. The van der Waals surface area contributed by atoms with Gasteiger partial charge in [-0.15, -0.1) is 13.9 Å². The molecule has 24 heavy (non-hydrogen) atoms. The van der Waals surface area contributed by atoms with Gasteiger partial charge in [-0.05, 0) is 12.1 Å². The maximum Gasteiger partial charge on any atom is 0.586 e. The minimum atomic E-state index is -3.63. The van der Waals surface area contributed by atoms with Crippen molar-refractivity contribution in [1.29, 1.82) is 0 Å². The van der Waals surface area contributed by atoms with E-state index in [-0.39, 0.29) is 18.0 Å². The second-order valence-electron chi connectivity index (χ2n) is 4.96. The molecule has 122 valence electrons. The number of para-hydroxylation sites is 1. The van der Waals surface area contributed by atoms with Crippen LogP contribution in [0.2, 0.25) is 0 Å². The predicted molar refractivity (Wildman–Crippen MR) is 79.1 cm³/mol. The first-order valence-corrected chi connectivity index (χ1v) is 7.05. The van der Waals surface area contributed by atoms with Crippen LogP contribution in [0, 0.1) is 0 Å². The molecule has 0 amide bonds. The standard InChI is InChI=1S/C15H11F2N5O2/c16-15(17)23-11-4-1-3-10(13(11)24-15)9-20-12-5-8-22(21-12)14-18-6-2-7-19-14/h1-8H,9H2,(H,20,21). The van der Waals surface area contributed by atoms with Crippen molar-refractivity contribution in [2.24, 2.45) is 0 Å². The van der Waals surface area contributed by atoms with Crippen molar-refractivity contribution in [3.8, 4) is 17.4 Å². The largest absolute Gasteiger partial charge is 0.586 e. The normalized spacial score (nSPS) is 14.6. The smallest absolute Gasteiger partial charge is 0.395 e. The quantitative estimate of drug-likeness (QED) is 0.792. The van der Waals surface area contributed by atoms with Gasteiger partial charge in [-0.1, -0.05) is 12.1 Å². The molecule has 0 atom stereocenters. The first-order valence-electron chi connectivity index (χ1n) is 7.05. The van der Waals surface area contributed by atoms with Crippen molar-refractivity contribution >= 4 is 5.82 Å². The minimum Gasteiger partial charge on any atom is -0.395 e. The highest BCUT2D eigenvalue weighted by molar-refractivity contribution is 5.50. The number of benzene rings is 1. The van der Waals surface area contributed by atoms with Gasteiger partial charge in [-0.25, -0.2) is 14.6 Å². The fourth-order valence-corrected chi connectivity index (χ4v) is 2.29. The number of anilines is 1. The number of halogens is 2. The first kappa shape index (κ1) is 14.4. The fourth-order valence-electron chi connectivity index (χ4n) is 2.29. The van der Waals surface area contributed by atoms with Crippen molar-refractivity contribution in [1.82, 2.24) is 19.7 Å². The Morgan fingerprint density at radius 3 is 2.75 bits per heavy atom. The monoisotopic (exact) mass is 331 g/mol. The van der Waals surface area contributed by atoms with E-state index in [2.05, 4.69) is 29.9 Å². The zero-order valence-electron chi connectivity index (χ0n) is 12.2. The van der Waals surface area contributed by atoms with Crippen molar-refractivity contribution in [2.45, 2.75) is 12.8 Å². The summed E-state index contributed by atoms with van der Waals surface area (Å²) in [7, 11) is 0. The number of hydrogen-bond acceptors (Lipinski definition) is 6. The summed E-state index contributed by atoms with van der Waals surface area (Å²) in [6, 6.07) is 8.16. The van der Waals surface area contributed by atoms with Crippen LogP contribution in [0.25, 0.3) is 5.95 Å². The van der Waals surface area contributed by atoms with Crippen molar-refractivity contribution in [3.63, 3.8) is 0 Å².